The van der Waals surface area contributed by atoms with Gasteiger partial charge in [0.15, 0.2) is 0 Å². The van der Waals surface area contributed by atoms with Gasteiger partial charge in [0, 0.05) is 25.6 Å². The fourth-order valence-corrected chi connectivity index (χ4v) is 2.00. The average Bonchev–Trinajstić information content (AvgIpc) is 2.32. The Hall–Kier alpha value is -1.06. The second kappa shape index (κ2) is 4.64. The van der Waals surface area contributed by atoms with Crippen molar-refractivity contribution in [1.29, 1.82) is 0 Å². The zero-order valence-electron chi connectivity index (χ0n) is 9.12. The minimum Gasteiger partial charge on any atom is -0.359 e. The van der Waals surface area contributed by atoms with Crippen LogP contribution in [0.4, 0.5) is 5.69 Å². The van der Waals surface area contributed by atoms with Gasteiger partial charge in [-0.25, -0.2) is 0 Å². The molecule has 0 amide bonds. The quantitative estimate of drug-likeness (QED) is 0.740. The van der Waals surface area contributed by atoms with Crippen molar-refractivity contribution in [3.63, 3.8) is 0 Å². The molecule has 15 heavy (non-hydrogen) atoms. The van der Waals surface area contributed by atoms with Gasteiger partial charge < -0.3 is 15.4 Å². The maximum Gasteiger partial charge on any atom is 0.140 e. The Morgan fingerprint density at radius 2 is 1.87 bits per heavy atom. The van der Waals surface area contributed by atoms with Gasteiger partial charge in [-0.2, -0.15) is 0 Å². The maximum absolute atomic E-state index is 5.63. The number of para-hydroxylation sites is 1. The van der Waals surface area contributed by atoms with E-state index in [0.29, 0.717) is 0 Å². The second-order valence-corrected chi connectivity index (χ2v) is 3.94. The van der Waals surface area contributed by atoms with Gasteiger partial charge in [-0.1, -0.05) is 18.2 Å². The van der Waals surface area contributed by atoms with E-state index in [1.807, 2.05) is 18.2 Å². The molecule has 0 spiro atoms. The number of benzene rings is 1. The Kier molecular flexibility index (Phi) is 3.23. The summed E-state index contributed by atoms with van der Waals surface area (Å²) in [7, 11) is 1.78. The van der Waals surface area contributed by atoms with E-state index in [1.54, 1.807) is 7.11 Å². The molecule has 0 saturated carbocycles. The highest BCUT2D eigenvalue weighted by atomic mass is 16.5. The van der Waals surface area contributed by atoms with E-state index in [-0.39, 0.29) is 5.72 Å². The van der Waals surface area contributed by atoms with Gasteiger partial charge in [-0.3, -0.25) is 0 Å². The summed E-state index contributed by atoms with van der Waals surface area (Å²) in [5.41, 5.74) is 0.938. The SMILES string of the molecule is COC1(Nc2ccccc2)CCNCC1. The summed E-state index contributed by atoms with van der Waals surface area (Å²) < 4.78 is 5.63. The summed E-state index contributed by atoms with van der Waals surface area (Å²) in [6, 6.07) is 10.2. The predicted octanol–water partition coefficient (Wildman–Crippen LogP) is 1.82. The minimum absolute atomic E-state index is 0.188. The van der Waals surface area contributed by atoms with Gasteiger partial charge in [0.1, 0.15) is 5.72 Å². The van der Waals surface area contributed by atoms with Crippen LogP contribution in [-0.2, 0) is 4.74 Å². The molecule has 0 radical (unpaired) electrons. The molecule has 1 heterocycles. The Morgan fingerprint density at radius 1 is 1.20 bits per heavy atom. The molecule has 0 bridgehead atoms. The lowest BCUT2D eigenvalue weighted by Gasteiger charge is -2.37. The zero-order valence-corrected chi connectivity index (χ0v) is 9.12. The normalized spacial score (nSPS) is 19.8. The fraction of sp³-hybridized carbons (Fsp3) is 0.500. The number of methoxy groups -OCH3 is 1. The van der Waals surface area contributed by atoms with Crippen molar-refractivity contribution in [2.24, 2.45) is 0 Å². The van der Waals surface area contributed by atoms with Crippen LogP contribution in [0.3, 0.4) is 0 Å². The Labute approximate surface area is 90.8 Å². The number of piperidine rings is 1. The molecule has 1 aromatic rings. The Morgan fingerprint density at radius 3 is 2.47 bits per heavy atom. The standard InChI is InChI=1S/C12H18N2O/c1-15-12(7-9-13-10-8-12)14-11-5-3-2-4-6-11/h2-6,13-14H,7-10H2,1H3. The predicted molar refractivity (Wildman–Crippen MR) is 61.9 cm³/mol. The van der Waals surface area contributed by atoms with Crippen LogP contribution in [0, 0.1) is 0 Å². The highest BCUT2D eigenvalue weighted by Gasteiger charge is 2.31. The Balaban J connectivity index is 2.07. The van der Waals surface area contributed by atoms with Crippen molar-refractivity contribution in [2.75, 3.05) is 25.5 Å². The van der Waals surface area contributed by atoms with Crippen molar-refractivity contribution in [3.8, 4) is 0 Å². The average molecular weight is 206 g/mol. The fourth-order valence-electron chi connectivity index (χ4n) is 2.00. The van der Waals surface area contributed by atoms with Gasteiger partial charge >= 0.3 is 0 Å². The molecule has 0 atom stereocenters. The monoisotopic (exact) mass is 206 g/mol. The second-order valence-electron chi connectivity index (χ2n) is 3.94. The van der Waals surface area contributed by atoms with E-state index in [0.717, 1.165) is 31.6 Å². The molecular formula is C12H18N2O. The van der Waals surface area contributed by atoms with Crippen molar-refractivity contribution < 1.29 is 4.74 Å². The smallest absolute Gasteiger partial charge is 0.140 e. The molecule has 2 N–H and O–H groups in total. The van der Waals surface area contributed by atoms with Crippen molar-refractivity contribution in [2.45, 2.75) is 18.6 Å². The number of ether oxygens (including phenoxy) is 1. The summed E-state index contributed by atoms with van der Waals surface area (Å²) in [6.45, 7) is 2.02. The summed E-state index contributed by atoms with van der Waals surface area (Å²) in [5, 5.41) is 6.82. The number of hydrogen-bond donors (Lipinski definition) is 2. The van der Waals surface area contributed by atoms with Gasteiger partial charge in [0.05, 0.1) is 0 Å². The minimum atomic E-state index is -0.188. The molecule has 3 nitrogen and oxygen atoms in total. The van der Waals surface area contributed by atoms with Gasteiger partial charge in [-0.05, 0) is 25.2 Å². The molecule has 1 saturated heterocycles. The molecule has 3 heteroatoms. The van der Waals surface area contributed by atoms with Crippen LogP contribution < -0.4 is 10.6 Å². The van der Waals surface area contributed by atoms with Gasteiger partial charge in [0.2, 0.25) is 0 Å². The van der Waals surface area contributed by atoms with Crippen LogP contribution in [0.1, 0.15) is 12.8 Å². The zero-order chi connectivity index (χ0) is 10.6. The first-order chi connectivity index (χ1) is 7.35. The number of anilines is 1. The van der Waals surface area contributed by atoms with Crippen LogP contribution in [0.5, 0.6) is 0 Å². The molecule has 82 valence electrons. The lowest BCUT2D eigenvalue weighted by atomic mass is 10.0. The molecular weight excluding hydrogens is 188 g/mol. The Bertz CT molecular complexity index is 294. The molecule has 0 unspecified atom stereocenters. The van der Waals surface area contributed by atoms with Crippen molar-refractivity contribution in [3.05, 3.63) is 30.3 Å². The van der Waals surface area contributed by atoms with Crippen LogP contribution >= 0.6 is 0 Å². The van der Waals surface area contributed by atoms with Gasteiger partial charge in [-0.15, -0.1) is 0 Å². The first kappa shape index (κ1) is 10.5. The molecule has 0 aromatic heterocycles. The van der Waals surface area contributed by atoms with Crippen molar-refractivity contribution >= 4 is 5.69 Å². The third-order valence-electron chi connectivity index (χ3n) is 2.95. The topological polar surface area (TPSA) is 33.3 Å². The third-order valence-corrected chi connectivity index (χ3v) is 2.95. The number of nitrogens with one attached hydrogen (secondary N) is 2. The van der Waals surface area contributed by atoms with Crippen LogP contribution in [0.25, 0.3) is 0 Å². The summed E-state index contributed by atoms with van der Waals surface area (Å²) in [6.07, 6.45) is 2.00. The molecule has 2 rings (SSSR count). The largest absolute Gasteiger partial charge is 0.359 e. The van der Waals surface area contributed by atoms with Crippen molar-refractivity contribution in [1.82, 2.24) is 5.32 Å². The first-order valence-electron chi connectivity index (χ1n) is 5.44. The molecule has 1 aliphatic rings. The lowest BCUT2D eigenvalue weighted by molar-refractivity contribution is -0.00961. The van der Waals surface area contributed by atoms with Gasteiger partial charge in [0.25, 0.3) is 0 Å². The number of hydrogen-bond acceptors (Lipinski definition) is 3. The molecule has 1 aliphatic heterocycles. The summed E-state index contributed by atoms with van der Waals surface area (Å²) >= 11 is 0. The van der Waals surface area contributed by atoms with Crippen LogP contribution in [-0.4, -0.2) is 25.9 Å². The van der Waals surface area contributed by atoms with E-state index in [4.69, 9.17) is 4.74 Å². The van der Waals surface area contributed by atoms with E-state index in [9.17, 15) is 0 Å². The summed E-state index contributed by atoms with van der Waals surface area (Å²) in [4.78, 5) is 0. The van der Waals surface area contributed by atoms with E-state index in [1.165, 1.54) is 0 Å². The highest BCUT2D eigenvalue weighted by Crippen LogP contribution is 2.24. The number of rotatable bonds is 3. The first-order valence-corrected chi connectivity index (χ1v) is 5.44. The molecule has 1 fully saturated rings. The van der Waals surface area contributed by atoms with E-state index < -0.39 is 0 Å². The lowest BCUT2D eigenvalue weighted by Crippen LogP contribution is -2.49. The molecule has 1 aromatic carbocycles. The third kappa shape index (κ3) is 2.49. The van der Waals surface area contributed by atoms with E-state index in [2.05, 4.69) is 22.8 Å². The maximum atomic E-state index is 5.63. The highest BCUT2D eigenvalue weighted by molar-refractivity contribution is 5.44. The van der Waals surface area contributed by atoms with E-state index >= 15 is 0 Å². The molecule has 0 aliphatic carbocycles. The van der Waals surface area contributed by atoms with Crippen LogP contribution in [0.2, 0.25) is 0 Å². The summed E-state index contributed by atoms with van der Waals surface area (Å²) in [5.74, 6) is 0. The van der Waals surface area contributed by atoms with Crippen LogP contribution in [0.15, 0.2) is 30.3 Å².